The molecular weight excluding hydrogens is 457 g/mol. The first-order valence-corrected chi connectivity index (χ1v) is 9.43. The zero-order valence-corrected chi connectivity index (χ0v) is 19.1. The van der Waals surface area contributed by atoms with Gasteiger partial charge in [-0.1, -0.05) is 12.1 Å². The molecule has 1 aliphatic carbocycles. The molecule has 1 aromatic carbocycles. The molecule has 1 aliphatic rings. The Labute approximate surface area is 180 Å². The highest BCUT2D eigenvalue weighted by molar-refractivity contribution is 14.0. The number of benzene rings is 1. The number of methoxy groups -OCH3 is 1. The minimum atomic E-state index is 0. The maximum atomic E-state index is 5.72. The molecule has 2 rings (SSSR count). The lowest BCUT2D eigenvalue weighted by Gasteiger charge is -2.22. The highest BCUT2D eigenvalue weighted by atomic mass is 127. The summed E-state index contributed by atoms with van der Waals surface area (Å²) in [5, 5.41) is 3.37. The lowest BCUT2D eigenvalue weighted by molar-refractivity contribution is 0.114. The van der Waals surface area contributed by atoms with Crippen molar-refractivity contribution in [1.82, 2.24) is 10.2 Å². The standard InChI is InChI=1S/C20H33N3O3.HI/c1-21-20(23(2)12-14-26-16-17-5-6-17)22-11-4-13-25-15-18-7-9-19(24-3)10-8-18;/h7-10,17H,4-6,11-16H2,1-3H3,(H,21,22);1H. The summed E-state index contributed by atoms with van der Waals surface area (Å²) < 4.78 is 16.6. The topological polar surface area (TPSA) is 55.3 Å². The smallest absolute Gasteiger partial charge is 0.193 e. The van der Waals surface area contributed by atoms with Gasteiger partial charge in [0.1, 0.15) is 5.75 Å². The second-order valence-electron chi connectivity index (χ2n) is 6.67. The van der Waals surface area contributed by atoms with Gasteiger partial charge in [0.05, 0.1) is 20.3 Å². The third-order valence-electron chi connectivity index (χ3n) is 4.37. The van der Waals surface area contributed by atoms with Gasteiger partial charge in [0.2, 0.25) is 0 Å². The van der Waals surface area contributed by atoms with Crippen LogP contribution in [-0.4, -0.2) is 65.0 Å². The van der Waals surface area contributed by atoms with Crippen molar-refractivity contribution in [3.63, 3.8) is 0 Å². The predicted octanol–water partition coefficient (Wildman–Crippen LogP) is 3.15. The van der Waals surface area contributed by atoms with Crippen LogP contribution in [0.5, 0.6) is 5.75 Å². The fraction of sp³-hybridized carbons (Fsp3) is 0.650. The minimum Gasteiger partial charge on any atom is -0.497 e. The van der Waals surface area contributed by atoms with E-state index < -0.39 is 0 Å². The molecule has 0 atom stereocenters. The van der Waals surface area contributed by atoms with Crippen LogP contribution in [0.1, 0.15) is 24.8 Å². The third kappa shape index (κ3) is 10.2. The average Bonchev–Trinajstić information content (AvgIpc) is 3.49. The molecule has 1 aromatic rings. The molecule has 6 nitrogen and oxygen atoms in total. The summed E-state index contributed by atoms with van der Waals surface area (Å²) in [5.74, 6) is 2.58. The molecule has 1 fully saturated rings. The molecule has 0 bridgehead atoms. The Bertz CT molecular complexity index is 536. The van der Waals surface area contributed by atoms with Crippen LogP contribution in [-0.2, 0) is 16.1 Å². The van der Waals surface area contributed by atoms with E-state index in [1.165, 1.54) is 12.8 Å². The maximum Gasteiger partial charge on any atom is 0.193 e. The number of hydrogen-bond acceptors (Lipinski definition) is 4. The quantitative estimate of drug-likeness (QED) is 0.211. The van der Waals surface area contributed by atoms with Crippen molar-refractivity contribution in [1.29, 1.82) is 0 Å². The van der Waals surface area contributed by atoms with Crippen molar-refractivity contribution >= 4 is 29.9 Å². The van der Waals surface area contributed by atoms with Gasteiger partial charge in [-0.2, -0.15) is 0 Å². The Hall–Kier alpha value is -1.06. The summed E-state index contributed by atoms with van der Waals surface area (Å²) in [6, 6.07) is 7.96. The molecule has 0 aliphatic heterocycles. The van der Waals surface area contributed by atoms with Crippen LogP contribution in [0.3, 0.4) is 0 Å². The molecule has 1 N–H and O–H groups in total. The van der Waals surface area contributed by atoms with Gasteiger partial charge in [0.15, 0.2) is 5.96 Å². The van der Waals surface area contributed by atoms with Gasteiger partial charge in [-0.15, -0.1) is 24.0 Å². The number of guanidine groups is 1. The van der Waals surface area contributed by atoms with Gasteiger partial charge < -0.3 is 24.4 Å². The van der Waals surface area contributed by atoms with Crippen molar-refractivity contribution in [3.05, 3.63) is 29.8 Å². The molecule has 0 radical (unpaired) electrons. The maximum absolute atomic E-state index is 5.72. The highest BCUT2D eigenvalue weighted by Gasteiger charge is 2.21. The van der Waals surface area contributed by atoms with Gasteiger partial charge in [0, 0.05) is 40.4 Å². The zero-order chi connectivity index (χ0) is 18.6. The van der Waals surface area contributed by atoms with Gasteiger partial charge in [-0.3, -0.25) is 4.99 Å². The predicted molar refractivity (Wildman–Crippen MR) is 120 cm³/mol. The molecule has 0 spiro atoms. The zero-order valence-electron chi connectivity index (χ0n) is 16.8. The van der Waals surface area contributed by atoms with Crippen LogP contribution < -0.4 is 10.1 Å². The Kier molecular flexibility index (Phi) is 12.4. The van der Waals surface area contributed by atoms with Gasteiger partial charge >= 0.3 is 0 Å². The van der Waals surface area contributed by atoms with Gasteiger partial charge in [-0.05, 0) is 42.9 Å². The van der Waals surface area contributed by atoms with E-state index in [9.17, 15) is 0 Å². The lowest BCUT2D eigenvalue weighted by atomic mass is 10.2. The van der Waals surface area contributed by atoms with E-state index in [4.69, 9.17) is 14.2 Å². The van der Waals surface area contributed by atoms with Gasteiger partial charge in [0.25, 0.3) is 0 Å². The van der Waals surface area contributed by atoms with Crippen LogP contribution in [0.4, 0.5) is 0 Å². The van der Waals surface area contributed by atoms with E-state index in [0.717, 1.165) is 55.9 Å². The van der Waals surface area contributed by atoms with Gasteiger partial charge in [-0.25, -0.2) is 0 Å². The molecule has 0 amide bonds. The molecule has 1 saturated carbocycles. The van der Waals surface area contributed by atoms with Crippen LogP contribution in [0, 0.1) is 5.92 Å². The van der Waals surface area contributed by atoms with Crippen LogP contribution in [0.25, 0.3) is 0 Å². The number of hydrogen-bond donors (Lipinski definition) is 1. The van der Waals surface area contributed by atoms with Crippen LogP contribution in [0.2, 0.25) is 0 Å². The summed E-state index contributed by atoms with van der Waals surface area (Å²) >= 11 is 0. The second-order valence-corrected chi connectivity index (χ2v) is 6.67. The Morgan fingerprint density at radius 3 is 2.56 bits per heavy atom. The molecule has 0 unspecified atom stereocenters. The first-order chi connectivity index (χ1) is 12.7. The van der Waals surface area contributed by atoms with Crippen LogP contribution in [0.15, 0.2) is 29.3 Å². The summed E-state index contributed by atoms with van der Waals surface area (Å²) in [4.78, 5) is 6.42. The minimum absolute atomic E-state index is 0. The SMILES string of the molecule is CN=C(NCCCOCc1ccc(OC)cc1)N(C)CCOCC1CC1.I. The number of nitrogens with zero attached hydrogens (tertiary/aromatic N) is 2. The first-order valence-electron chi connectivity index (χ1n) is 9.43. The molecule has 0 aromatic heterocycles. The molecule has 27 heavy (non-hydrogen) atoms. The van der Waals surface area contributed by atoms with Crippen molar-refractivity contribution in [2.45, 2.75) is 25.9 Å². The van der Waals surface area contributed by atoms with E-state index in [1.807, 2.05) is 38.4 Å². The third-order valence-corrected chi connectivity index (χ3v) is 4.37. The molecular formula is C20H34IN3O3. The monoisotopic (exact) mass is 491 g/mol. The van der Waals surface area contributed by atoms with E-state index in [1.54, 1.807) is 7.11 Å². The Morgan fingerprint density at radius 1 is 1.19 bits per heavy atom. The summed E-state index contributed by atoms with van der Waals surface area (Å²) in [6.45, 7) is 4.67. The van der Waals surface area contributed by atoms with E-state index in [0.29, 0.717) is 13.2 Å². The molecule has 0 heterocycles. The summed E-state index contributed by atoms with van der Waals surface area (Å²) in [5.41, 5.74) is 1.15. The number of nitrogens with one attached hydrogen (secondary N) is 1. The molecule has 7 heteroatoms. The number of likely N-dealkylation sites (N-methyl/N-ethyl adjacent to an activating group) is 1. The first kappa shape index (κ1) is 24.0. The van der Waals surface area contributed by atoms with E-state index in [-0.39, 0.29) is 24.0 Å². The van der Waals surface area contributed by atoms with Crippen molar-refractivity contribution in [2.75, 3.05) is 54.1 Å². The van der Waals surface area contributed by atoms with Crippen molar-refractivity contribution < 1.29 is 14.2 Å². The second kappa shape index (κ2) is 14.0. The fourth-order valence-corrected chi connectivity index (χ4v) is 2.51. The Balaban J connectivity index is 0.00000364. The van der Waals surface area contributed by atoms with Crippen molar-refractivity contribution in [2.24, 2.45) is 10.9 Å². The summed E-state index contributed by atoms with van der Waals surface area (Å²) in [7, 11) is 5.52. The van der Waals surface area contributed by atoms with Crippen molar-refractivity contribution in [3.8, 4) is 5.75 Å². The van der Waals surface area contributed by atoms with Crippen LogP contribution >= 0.6 is 24.0 Å². The molecule has 154 valence electrons. The number of aliphatic imine (C=N–C) groups is 1. The molecule has 0 saturated heterocycles. The highest BCUT2D eigenvalue weighted by Crippen LogP contribution is 2.28. The normalized spacial score (nSPS) is 13.8. The summed E-state index contributed by atoms with van der Waals surface area (Å²) in [6.07, 6.45) is 3.60. The van der Waals surface area contributed by atoms with E-state index >= 15 is 0 Å². The number of halogens is 1. The number of rotatable bonds is 12. The largest absolute Gasteiger partial charge is 0.497 e. The number of ether oxygens (including phenoxy) is 3. The Morgan fingerprint density at radius 2 is 1.93 bits per heavy atom. The lowest BCUT2D eigenvalue weighted by Crippen LogP contribution is -2.41. The van der Waals surface area contributed by atoms with E-state index in [2.05, 4.69) is 15.2 Å². The fourth-order valence-electron chi connectivity index (χ4n) is 2.51. The average molecular weight is 491 g/mol.